The fourth-order valence-electron chi connectivity index (χ4n) is 2.35. The first kappa shape index (κ1) is 11.7. The summed E-state index contributed by atoms with van der Waals surface area (Å²) < 4.78 is 12.9. The minimum atomic E-state index is -0.273. The number of carbonyl (C=O) groups is 1. The minimum Gasteiger partial charge on any atom is -0.399 e. The molecule has 0 bridgehead atoms. The Bertz CT molecular complexity index is 637. The fourth-order valence-corrected chi connectivity index (χ4v) is 2.35. The number of benzene rings is 2. The Morgan fingerprint density at radius 3 is 2.63 bits per heavy atom. The molecule has 2 aromatic rings. The second-order valence-corrected chi connectivity index (χ2v) is 4.67. The highest BCUT2D eigenvalue weighted by Crippen LogP contribution is 2.31. The summed E-state index contributed by atoms with van der Waals surface area (Å²) in [6, 6.07) is 11.7. The van der Waals surface area contributed by atoms with E-state index in [1.165, 1.54) is 12.1 Å². The van der Waals surface area contributed by atoms with E-state index in [0.717, 1.165) is 16.8 Å². The smallest absolute Gasteiger partial charge is 0.231 e. The Morgan fingerprint density at radius 1 is 1.16 bits per heavy atom. The van der Waals surface area contributed by atoms with Crippen LogP contribution in [0.15, 0.2) is 42.5 Å². The number of hydrogen-bond donors (Lipinski definition) is 1. The lowest BCUT2D eigenvalue weighted by Gasteiger charge is -2.17. The van der Waals surface area contributed by atoms with Gasteiger partial charge in [0.05, 0.1) is 13.0 Å². The van der Waals surface area contributed by atoms with E-state index in [0.29, 0.717) is 18.7 Å². The van der Waals surface area contributed by atoms with Crippen LogP contribution in [0.5, 0.6) is 0 Å². The molecule has 0 atom stereocenters. The van der Waals surface area contributed by atoms with Crippen LogP contribution < -0.4 is 10.6 Å². The molecular weight excluding hydrogens is 243 g/mol. The maximum Gasteiger partial charge on any atom is 0.231 e. The van der Waals surface area contributed by atoms with Gasteiger partial charge < -0.3 is 10.6 Å². The second kappa shape index (κ2) is 4.39. The summed E-state index contributed by atoms with van der Waals surface area (Å²) in [7, 11) is 0. The SMILES string of the molecule is Nc1ccc2c(c1)CC(=O)N2Cc1ccc(F)cc1. The number of hydrogen-bond acceptors (Lipinski definition) is 2. The van der Waals surface area contributed by atoms with Crippen molar-refractivity contribution in [2.24, 2.45) is 0 Å². The molecule has 1 amide bonds. The lowest BCUT2D eigenvalue weighted by molar-refractivity contribution is -0.117. The summed E-state index contributed by atoms with van der Waals surface area (Å²) in [6.07, 6.45) is 0.377. The number of anilines is 2. The molecule has 1 aliphatic rings. The molecule has 0 unspecified atom stereocenters. The number of nitrogen functional groups attached to an aromatic ring is 1. The predicted molar refractivity (Wildman–Crippen MR) is 72.1 cm³/mol. The Morgan fingerprint density at radius 2 is 1.89 bits per heavy atom. The van der Waals surface area contributed by atoms with Gasteiger partial charge in [0.1, 0.15) is 5.82 Å². The highest BCUT2D eigenvalue weighted by atomic mass is 19.1. The summed E-state index contributed by atoms with van der Waals surface area (Å²) in [5.74, 6) is -0.227. The number of rotatable bonds is 2. The third-order valence-electron chi connectivity index (χ3n) is 3.29. The zero-order valence-corrected chi connectivity index (χ0v) is 10.3. The number of fused-ring (bicyclic) bond motifs is 1. The first-order chi connectivity index (χ1) is 9.13. The molecule has 0 saturated carbocycles. The van der Waals surface area contributed by atoms with Crippen molar-refractivity contribution < 1.29 is 9.18 Å². The van der Waals surface area contributed by atoms with Crippen LogP contribution in [-0.2, 0) is 17.8 Å². The van der Waals surface area contributed by atoms with Crippen molar-refractivity contribution in [3.63, 3.8) is 0 Å². The van der Waals surface area contributed by atoms with Crippen LogP contribution in [0.3, 0.4) is 0 Å². The number of nitrogens with zero attached hydrogens (tertiary/aromatic N) is 1. The molecule has 4 heteroatoms. The van der Waals surface area contributed by atoms with Crippen molar-refractivity contribution in [3.8, 4) is 0 Å². The fraction of sp³-hybridized carbons (Fsp3) is 0.133. The second-order valence-electron chi connectivity index (χ2n) is 4.67. The third kappa shape index (κ3) is 2.17. The Kier molecular flexibility index (Phi) is 2.71. The first-order valence-corrected chi connectivity index (χ1v) is 6.07. The maximum atomic E-state index is 12.9. The lowest BCUT2D eigenvalue weighted by atomic mass is 10.1. The van der Waals surface area contributed by atoms with Crippen molar-refractivity contribution in [3.05, 3.63) is 59.4 Å². The normalized spacial score (nSPS) is 13.7. The summed E-state index contributed by atoms with van der Waals surface area (Å²) in [5, 5.41) is 0. The van der Waals surface area contributed by atoms with Crippen molar-refractivity contribution in [1.82, 2.24) is 0 Å². The van der Waals surface area contributed by atoms with Crippen molar-refractivity contribution in [1.29, 1.82) is 0 Å². The molecule has 0 saturated heterocycles. The zero-order chi connectivity index (χ0) is 13.4. The van der Waals surface area contributed by atoms with Gasteiger partial charge in [-0.15, -0.1) is 0 Å². The molecule has 2 aromatic carbocycles. The van der Waals surface area contributed by atoms with Crippen molar-refractivity contribution >= 4 is 17.3 Å². The van der Waals surface area contributed by atoms with Crippen LogP contribution in [0.1, 0.15) is 11.1 Å². The minimum absolute atomic E-state index is 0.0462. The summed E-state index contributed by atoms with van der Waals surface area (Å²) >= 11 is 0. The molecule has 1 aliphatic heterocycles. The maximum absolute atomic E-state index is 12.9. The average Bonchev–Trinajstić information content (AvgIpc) is 2.68. The lowest BCUT2D eigenvalue weighted by Crippen LogP contribution is -2.25. The number of nitrogens with two attached hydrogens (primary N) is 1. The Balaban J connectivity index is 1.90. The molecule has 1 heterocycles. The number of amides is 1. The predicted octanol–water partition coefficient (Wildman–Crippen LogP) is 2.50. The number of halogens is 1. The quantitative estimate of drug-likeness (QED) is 0.839. The van der Waals surface area contributed by atoms with E-state index in [-0.39, 0.29) is 11.7 Å². The highest BCUT2D eigenvalue weighted by Gasteiger charge is 2.27. The van der Waals surface area contributed by atoms with Gasteiger partial charge in [-0.1, -0.05) is 12.1 Å². The third-order valence-corrected chi connectivity index (χ3v) is 3.29. The summed E-state index contributed by atoms with van der Waals surface area (Å²) in [4.78, 5) is 13.7. The molecule has 2 N–H and O–H groups in total. The number of carbonyl (C=O) groups excluding carboxylic acids is 1. The average molecular weight is 256 g/mol. The molecular formula is C15H13FN2O. The van der Waals surface area contributed by atoms with Crippen LogP contribution in [0.25, 0.3) is 0 Å². The van der Waals surface area contributed by atoms with Crippen LogP contribution in [0, 0.1) is 5.82 Å². The topological polar surface area (TPSA) is 46.3 Å². The Labute approximate surface area is 110 Å². The van der Waals surface area contributed by atoms with E-state index >= 15 is 0 Å². The van der Waals surface area contributed by atoms with Gasteiger partial charge in [0, 0.05) is 11.4 Å². The standard InChI is InChI=1S/C15H13FN2O/c16-12-3-1-10(2-4-12)9-18-14-6-5-13(17)7-11(14)8-15(18)19/h1-7H,8-9,17H2. The van der Waals surface area contributed by atoms with Crippen LogP contribution in [0.2, 0.25) is 0 Å². The molecule has 96 valence electrons. The zero-order valence-electron chi connectivity index (χ0n) is 10.3. The van der Waals surface area contributed by atoms with Gasteiger partial charge in [0.2, 0.25) is 5.91 Å². The van der Waals surface area contributed by atoms with E-state index in [9.17, 15) is 9.18 Å². The Hall–Kier alpha value is -2.36. The van der Waals surface area contributed by atoms with Crippen LogP contribution >= 0.6 is 0 Å². The van der Waals surface area contributed by atoms with Crippen LogP contribution in [-0.4, -0.2) is 5.91 Å². The largest absolute Gasteiger partial charge is 0.399 e. The van der Waals surface area contributed by atoms with Gasteiger partial charge in [-0.25, -0.2) is 4.39 Å². The first-order valence-electron chi connectivity index (χ1n) is 6.07. The van der Waals surface area contributed by atoms with Gasteiger partial charge in [-0.05, 0) is 41.5 Å². The van der Waals surface area contributed by atoms with Crippen molar-refractivity contribution in [2.45, 2.75) is 13.0 Å². The highest BCUT2D eigenvalue weighted by molar-refractivity contribution is 6.01. The monoisotopic (exact) mass is 256 g/mol. The van der Waals surface area contributed by atoms with Gasteiger partial charge >= 0.3 is 0 Å². The molecule has 0 radical (unpaired) electrons. The molecule has 3 nitrogen and oxygen atoms in total. The summed E-state index contributed by atoms with van der Waals surface area (Å²) in [6.45, 7) is 0.454. The molecule has 0 spiro atoms. The van der Waals surface area contributed by atoms with Gasteiger partial charge in [-0.2, -0.15) is 0 Å². The van der Waals surface area contributed by atoms with E-state index < -0.39 is 0 Å². The molecule has 0 fully saturated rings. The van der Waals surface area contributed by atoms with E-state index in [1.807, 2.05) is 12.1 Å². The van der Waals surface area contributed by atoms with Gasteiger partial charge in [0.15, 0.2) is 0 Å². The van der Waals surface area contributed by atoms with E-state index in [1.54, 1.807) is 23.1 Å². The van der Waals surface area contributed by atoms with Crippen molar-refractivity contribution in [2.75, 3.05) is 10.6 Å². The molecule has 0 aliphatic carbocycles. The van der Waals surface area contributed by atoms with Gasteiger partial charge in [0.25, 0.3) is 0 Å². The van der Waals surface area contributed by atoms with E-state index in [2.05, 4.69) is 0 Å². The molecule has 3 rings (SSSR count). The molecule has 0 aromatic heterocycles. The summed E-state index contributed by atoms with van der Waals surface area (Å²) in [5.41, 5.74) is 9.13. The van der Waals surface area contributed by atoms with Crippen LogP contribution in [0.4, 0.5) is 15.8 Å². The van der Waals surface area contributed by atoms with E-state index in [4.69, 9.17) is 5.73 Å². The van der Waals surface area contributed by atoms with Gasteiger partial charge in [-0.3, -0.25) is 4.79 Å². The molecule has 19 heavy (non-hydrogen) atoms.